The Hall–Kier alpha value is -3.90. The summed E-state index contributed by atoms with van der Waals surface area (Å²) in [5.41, 5.74) is 1.54. The smallest absolute Gasteiger partial charge is 0.377 e. The van der Waals surface area contributed by atoms with Gasteiger partial charge in [0, 0.05) is 49.5 Å². The van der Waals surface area contributed by atoms with Crippen LogP contribution in [0.15, 0.2) is 43.2 Å². The van der Waals surface area contributed by atoms with E-state index in [4.69, 9.17) is 9.72 Å². The van der Waals surface area contributed by atoms with E-state index in [9.17, 15) is 27.2 Å². The van der Waals surface area contributed by atoms with Crippen molar-refractivity contribution in [1.82, 2.24) is 38.8 Å². The number of fused-ring (bicyclic) bond motifs is 1. The van der Waals surface area contributed by atoms with E-state index < -0.39 is 24.2 Å². The van der Waals surface area contributed by atoms with Gasteiger partial charge in [0.25, 0.3) is 0 Å². The molecular weight excluding hydrogens is 513 g/mol. The third-order valence-corrected chi connectivity index (χ3v) is 6.89. The Labute approximate surface area is 211 Å². The second-order valence-corrected chi connectivity index (χ2v) is 9.60. The SMILES string of the molecule is N#CCC1(n2cc(-c3nc(-c4cnn(C5COC5)c4)cc4nccn34)cn2)CN(CC(F)(F)C(F)(F)F)C1. The molecule has 0 aliphatic carbocycles. The summed E-state index contributed by atoms with van der Waals surface area (Å²) < 4.78 is 75.3. The number of rotatable bonds is 7. The summed E-state index contributed by atoms with van der Waals surface area (Å²) in [6, 6.07) is 3.99. The van der Waals surface area contributed by atoms with Gasteiger partial charge in [-0.15, -0.1) is 0 Å². The van der Waals surface area contributed by atoms with Crippen LogP contribution in [0.25, 0.3) is 28.3 Å². The van der Waals surface area contributed by atoms with Gasteiger partial charge in [0.15, 0.2) is 0 Å². The molecule has 10 nitrogen and oxygen atoms in total. The van der Waals surface area contributed by atoms with Gasteiger partial charge in [-0.25, -0.2) is 9.97 Å². The maximum Gasteiger partial charge on any atom is 0.454 e. The Bertz CT molecular complexity index is 1520. The van der Waals surface area contributed by atoms with Gasteiger partial charge in [-0.05, 0) is 0 Å². The van der Waals surface area contributed by atoms with Gasteiger partial charge in [0.1, 0.15) is 17.0 Å². The van der Waals surface area contributed by atoms with Gasteiger partial charge in [-0.1, -0.05) is 0 Å². The van der Waals surface area contributed by atoms with Gasteiger partial charge in [-0.3, -0.25) is 18.7 Å². The van der Waals surface area contributed by atoms with Crippen molar-refractivity contribution in [3.05, 3.63) is 43.2 Å². The Morgan fingerprint density at radius 2 is 1.84 bits per heavy atom. The molecule has 0 bridgehead atoms. The van der Waals surface area contributed by atoms with Crippen LogP contribution in [-0.2, 0) is 10.3 Å². The number of aromatic nitrogens is 7. The maximum absolute atomic E-state index is 13.5. The molecule has 6 heterocycles. The first-order valence-corrected chi connectivity index (χ1v) is 11.6. The van der Waals surface area contributed by atoms with Crippen molar-refractivity contribution < 1.29 is 26.7 Å². The molecule has 198 valence electrons. The zero-order valence-corrected chi connectivity index (χ0v) is 19.7. The second kappa shape index (κ2) is 8.57. The molecule has 0 radical (unpaired) electrons. The van der Waals surface area contributed by atoms with Crippen molar-refractivity contribution in [2.24, 2.45) is 0 Å². The molecule has 0 saturated carbocycles. The van der Waals surface area contributed by atoms with Gasteiger partial charge in [-0.2, -0.15) is 37.4 Å². The molecule has 0 N–H and O–H groups in total. The van der Waals surface area contributed by atoms with E-state index in [1.165, 1.54) is 10.9 Å². The van der Waals surface area contributed by atoms with Gasteiger partial charge in [0.05, 0.1) is 61.9 Å². The van der Waals surface area contributed by atoms with Crippen molar-refractivity contribution in [3.63, 3.8) is 0 Å². The molecule has 2 aliphatic rings. The average molecular weight is 533 g/mol. The summed E-state index contributed by atoms with van der Waals surface area (Å²) >= 11 is 0. The Balaban J connectivity index is 1.29. The van der Waals surface area contributed by atoms with E-state index in [1.807, 2.05) is 23.0 Å². The van der Waals surface area contributed by atoms with Gasteiger partial charge in [0.2, 0.25) is 0 Å². The van der Waals surface area contributed by atoms with Crippen LogP contribution in [0.5, 0.6) is 0 Å². The van der Waals surface area contributed by atoms with Crippen molar-refractivity contribution in [2.75, 3.05) is 32.8 Å². The average Bonchev–Trinajstić information content (AvgIpc) is 3.55. The molecule has 2 aliphatic heterocycles. The molecular formula is C23H20F5N9O. The predicted octanol–water partition coefficient (Wildman–Crippen LogP) is 3.15. The van der Waals surface area contributed by atoms with Crippen LogP contribution in [0.2, 0.25) is 0 Å². The molecule has 0 atom stereocenters. The van der Waals surface area contributed by atoms with Gasteiger partial charge >= 0.3 is 12.1 Å². The standard InChI is InChI=1S/C23H20F5N9O/c24-22(25,23(26,27)28)14-34-12-21(13-34,1-2-29)37-9-16(7-32-37)20-33-18(5-19-30-3-4-35(19)20)15-6-31-36(8-15)17-10-38-11-17/h3-9,17H,1,10-14H2. The van der Waals surface area contributed by atoms with Crippen molar-refractivity contribution in [1.29, 1.82) is 5.26 Å². The highest BCUT2D eigenvalue weighted by atomic mass is 19.4. The summed E-state index contributed by atoms with van der Waals surface area (Å²) in [6.07, 6.45) is 4.31. The number of nitrogens with zero attached hydrogens (tertiary/aromatic N) is 9. The summed E-state index contributed by atoms with van der Waals surface area (Å²) in [5.74, 6) is -4.36. The molecule has 0 amide bonds. The van der Waals surface area contributed by atoms with Crippen LogP contribution < -0.4 is 0 Å². The number of ether oxygens (including phenoxy) is 1. The van der Waals surface area contributed by atoms with Crippen LogP contribution in [0.1, 0.15) is 12.5 Å². The number of hydrogen-bond donors (Lipinski definition) is 0. The molecule has 0 unspecified atom stereocenters. The Morgan fingerprint density at radius 1 is 1.08 bits per heavy atom. The molecule has 0 aromatic carbocycles. The predicted molar refractivity (Wildman–Crippen MR) is 121 cm³/mol. The quantitative estimate of drug-likeness (QED) is 0.337. The summed E-state index contributed by atoms with van der Waals surface area (Å²) in [5, 5.41) is 18.1. The lowest BCUT2D eigenvalue weighted by atomic mass is 9.86. The molecule has 2 saturated heterocycles. The molecule has 4 aromatic rings. The van der Waals surface area contributed by atoms with Crippen LogP contribution in [0.4, 0.5) is 22.0 Å². The highest BCUT2D eigenvalue weighted by Gasteiger charge is 2.60. The van der Waals surface area contributed by atoms with Gasteiger partial charge < -0.3 is 4.74 Å². The topological polar surface area (TPSA) is 102 Å². The lowest BCUT2D eigenvalue weighted by molar-refractivity contribution is -0.291. The Kier molecular flexibility index (Phi) is 5.51. The fraction of sp³-hybridized carbons (Fsp3) is 0.435. The number of halogens is 5. The van der Waals surface area contributed by atoms with Crippen molar-refractivity contribution in [3.8, 4) is 28.7 Å². The molecule has 15 heteroatoms. The zero-order valence-electron chi connectivity index (χ0n) is 19.7. The fourth-order valence-corrected chi connectivity index (χ4v) is 4.77. The van der Waals surface area contributed by atoms with Crippen LogP contribution in [0.3, 0.4) is 0 Å². The van der Waals surface area contributed by atoms with E-state index in [1.54, 1.807) is 29.2 Å². The van der Waals surface area contributed by atoms with E-state index in [2.05, 4.69) is 15.2 Å². The highest BCUT2D eigenvalue weighted by molar-refractivity contribution is 5.68. The molecule has 38 heavy (non-hydrogen) atoms. The highest BCUT2D eigenvalue weighted by Crippen LogP contribution is 2.40. The second-order valence-electron chi connectivity index (χ2n) is 9.60. The monoisotopic (exact) mass is 533 g/mol. The molecule has 0 spiro atoms. The lowest BCUT2D eigenvalue weighted by Gasteiger charge is -2.49. The number of hydrogen-bond acceptors (Lipinski definition) is 7. The van der Waals surface area contributed by atoms with E-state index in [-0.39, 0.29) is 25.6 Å². The first-order chi connectivity index (χ1) is 18.1. The lowest BCUT2D eigenvalue weighted by Crippen LogP contribution is -2.65. The zero-order chi connectivity index (χ0) is 26.7. The molecule has 6 rings (SSSR count). The summed E-state index contributed by atoms with van der Waals surface area (Å²) in [6.45, 7) is -0.642. The molecule has 2 fully saturated rings. The minimum atomic E-state index is -5.64. The van der Waals surface area contributed by atoms with E-state index in [0.717, 1.165) is 10.5 Å². The van der Waals surface area contributed by atoms with E-state index in [0.29, 0.717) is 35.9 Å². The molecule has 4 aromatic heterocycles. The Morgan fingerprint density at radius 3 is 2.53 bits per heavy atom. The summed E-state index contributed by atoms with van der Waals surface area (Å²) in [4.78, 5) is 10.1. The largest absolute Gasteiger partial charge is 0.454 e. The normalized spacial score (nSPS) is 18.3. The van der Waals surface area contributed by atoms with Crippen LogP contribution >= 0.6 is 0 Å². The number of nitriles is 1. The van der Waals surface area contributed by atoms with Crippen molar-refractivity contribution in [2.45, 2.75) is 30.1 Å². The number of alkyl halides is 5. The van der Waals surface area contributed by atoms with Crippen LogP contribution in [0, 0.1) is 11.3 Å². The minimum Gasteiger partial charge on any atom is -0.377 e. The van der Waals surface area contributed by atoms with Crippen molar-refractivity contribution >= 4 is 5.65 Å². The number of imidazole rings is 1. The van der Waals surface area contributed by atoms with Crippen LogP contribution in [-0.4, -0.2) is 83.8 Å². The third-order valence-electron chi connectivity index (χ3n) is 6.89. The summed E-state index contributed by atoms with van der Waals surface area (Å²) in [7, 11) is 0. The third kappa shape index (κ3) is 4.00. The first-order valence-electron chi connectivity index (χ1n) is 11.6. The maximum atomic E-state index is 13.5. The number of likely N-dealkylation sites (tertiary alicyclic amines) is 1. The first kappa shape index (κ1) is 24.4. The minimum absolute atomic E-state index is 0.111. The fourth-order valence-electron chi connectivity index (χ4n) is 4.77. The van der Waals surface area contributed by atoms with E-state index >= 15 is 0 Å².